The third kappa shape index (κ3) is 6.70. The molecule has 204 valence electrons. The molecule has 2 atom stereocenters. The van der Waals surface area contributed by atoms with Gasteiger partial charge < -0.3 is 19.9 Å². The summed E-state index contributed by atoms with van der Waals surface area (Å²) in [6, 6.07) is 9.65. The van der Waals surface area contributed by atoms with Crippen LogP contribution < -0.4 is 10.1 Å². The summed E-state index contributed by atoms with van der Waals surface area (Å²) in [5.41, 5.74) is 0.148. The molecule has 0 aliphatic carbocycles. The Morgan fingerprint density at radius 1 is 1.15 bits per heavy atom. The number of rotatable bonds is 9. The number of carboxylic acids is 1. The second kappa shape index (κ2) is 12.3. The summed E-state index contributed by atoms with van der Waals surface area (Å²) in [6.07, 6.45) is 0. The Morgan fingerprint density at radius 2 is 1.87 bits per heavy atom. The molecular weight excluding hydrogens is 591 g/mol. The van der Waals surface area contributed by atoms with Gasteiger partial charge in [-0.2, -0.15) is 0 Å². The number of β-lactam (4-membered cyclic amide) rings is 1. The number of hydrogen-bond acceptors (Lipinski definition) is 9. The van der Waals surface area contributed by atoms with Crippen molar-refractivity contribution in [2.24, 2.45) is 0 Å². The summed E-state index contributed by atoms with van der Waals surface area (Å²) in [6.45, 7) is 0.906. The van der Waals surface area contributed by atoms with E-state index in [1.54, 1.807) is 18.2 Å². The number of nitrogens with zero attached hydrogens (tertiary/aromatic N) is 1. The number of thioether (sulfide) groups is 2. The molecule has 2 aromatic rings. The number of nitrogens with one attached hydrogen (secondary N) is 1. The number of ether oxygens (including phenoxy) is 2. The van der Waals surface area contributed by atoms with Gasteiger partial charge >= 0.3 is 17.9 Å². The van der Waals surface area contributed by atoms with Gasteiger partial charge in [-0.05, 0) is 42.5 Å². The van der Waals surface area contributed by atoms with E-state index in [4.69, 9.17) is 32.7 Å². The lowest BCUT2D eigenvalue weighted by Crippen LogP contribution is -2.70. The molecule has 2 heterocycles. The summed E-state index contributed by atoms with van der Waals surface area (Å²) in [4.78, 5) is 62.6. The molecule has 0 radical (unpaired) electrons. The third-order valence-electron chi connectivity index (χ3n) is 5.55. The summed E-state index contributed by atoms with van der Waals surface area (Å²) < 4.78 is 10.2. The Balaban J connectivity index is 1.36. The van der Waals surface area contributed by atoms with Crippen molar-refractivity contribution in [3.8, 4) is 5.75 Å². The monoisotopic (exact) mass is 610 g/mol. The number of fused-ring (bicyclic) bond motifs is 1. The Hall–Kier alpha value is -3.19. The molecule has 0 saturated carbocycles. The van der Waals surface area contributed by atoms with E-state index in [2.05, 4.69) is 5.32 Å². The van der Waals surface area contributed by atoms with Crippen molar-refractivity contribution >= 4 is 76.4 Å². The van der Waals surface area contributed by atoms with E-state index in [9.17, 15) is 29.1 Å². The fourth-order valence-corrected chi connectivity index (χ4v) is 6.43. The highest BCUT2D eigenvalue weighted by Crippen LogP contribution is 2.40. The molecular formula is C25H20Cl2N2O8S2. The SMILES string of the molecule is CC(=O)Oc1ccc(C(=O)OCC2=C(C(=O)O)N3C(=O)[C@@H](NC(=O)CSc4cc(Cl)ccc4Cl)C3SC2)cc1. The van der Waals surface area contributed by atoms with Gasteiger partial charge in [-0.1, -0.05) is 23.2 Å². The van der Waals surface area contributed by atoms with Crippen LogP contribution >= 0.6 is 46.7 Å². The molecule has 2 aliphatic rings. The van der Waals surface area contributed by atoms with Gasteiger partial charge in [0.05, 0.1) is 16.3 Å². The zero-order valence-corrected chi connectivity index (χ0v) is 23.3. The minimum Gasteiger partial charge on any atom is -0.477 e. The number of carboxylic acid groups (broad SMARTS) is 1. The smallest absolute Gasteiger partial charge is 0.352 e. The van der Waals surface area contributed by atoms with Crippen molar-refractivity contribution in [3.63, 3.8) is 0 Å². The van der Waals surface area contributed by atoms with Gasteiger partial charge in [0, 0.05) is 28.2 Å². The van der Waals surface area contributed by atoms with Crippen molar-refractivity contribution in [2.45, 2.75) is 23.2 Å². The van der Waals surface area contributed by atoms with E-state index < -0.39 is 41.1 Å². The van der Waals surface area contributed by atoms with Crippen LogP contribution in [0.3, 0.4) is 0 Å². The maximum absolute atomic E-state index is 12.8. The fourth-order valence-electron chi connectivity index (χ4n) is 3.80. The molecule has 2 aliphatic heterocycles. The van der Waals surface area contributed by atoms with Crippen LogP contribution in [0.2, 0.25) is 10.0 Å². The van der Waals surface area contributed by atoms with Crippen LogP contribution in [-0.4, -0.2) is 69.3 Å². The highest BCUT2D eigenvalue weighted by atomic mass is 35.5. The number of amides is 2. The lowest BCUT2D eigenvalue weighted by Gasteiger charge is -2.49. The van der Waals surface area contributed by atoms with Crippen molar-refractivity contribution in [2.75, 3.05) is 18.1 Å². The third-order valence-corrected chi connectivity index (χ3v) is 8.62. The van der Waals surface area contributed by atoms with Gasteiger partial charge in [-0.3, -0.25) is 19.3 Å². The molecule has 14 heteroatoms. The quantitative estimate of drug-likeness (QED) is 0.187. The number of halogens is 2. The van der Waals surface area contributed by atoms with Crippen LogP contribution in [0, 0.1) is 0 Å². The van der Waals surface area contributed by atoms with Gasteiger partial charge in [0.1, 0.15) is 29.5 Å². The number of esters is 2. The van der Waals surface area contributed by atoms with E-state index in [0.717, 1.165) is 16.7 Å². The maximum Gasteiger partial charge on any atom is 0.352 e. The first-order valence-electron chi connectivity index (χ1n) is 11.3. The molecule has 10 nitrogen and oxygen atoms in total. The number of hydrogen-bond donors (Lipinski definition) is 2. The standard InChI is InChI=1S/C25H20Cl2N2O8S2/c1-12(30)37-16-5-2-13(3-6-16)25(35)36-9-14-10-39-23-20(22(32)29(23)21(14)24(33)34)28-19(31)11-38-18-8-15(26)4-7-17(18)27/h2-8,20,23H,9-11H2,1H3,(H,28,31)(H,33,34)/t20-,23?/m1/s1. The molecule has 1 saturated heterocycles. The van der Waals surface area contributed by atoms with Crippen LogP contribution in [-0.2, 0) is 23.9 Å². The number of benzene rings is 2. The predicted octanol–water partition coefficient (Wildman–Crippen LogP) is 3.61. The molecule has 2 amide bonds. The van der Waals surface area contributed by atoms with Crippen LogP contribution in [0.4, 0.5) is 0 Å². The summed E-state index contributed by atoms with van der Waals surface area (Å²) >= 11 is 14.5. The Bertz CT molecular complexity index is 1380. The Labute approximate surface area is 241 Å². The highest BCUT2D eigenvalue weighted by molar-refractivity contribution is 8.00. The van der Waals surface area contributed by atoms with E-state index in [1.807, 2.05) is 0 Å². The normalized spacial score (nSPS) is 18.1. The molecule has 2 N–H and O–H groups in total. The van der Waals surface area contributed by atoms with E-state index >= 15 is 0 Å². The lowest BCUT2D eigenvalue weighted by atomic mass is 10.0. The van der Waals surface area contributed by atoms with E-state index in [0.29, 0.717) is 14.9 Å². The fraction of sp³-hybridized carbons (Fsp3) is 0.240. The number of aliphatic carboxylic acids is 1. The molecule has 1 unspecified atom stereocenters. The Kier molecular flexibility index (Phi) is 9.11. The predicted molar refractivity (Wildman–Crippen MR) is 145 cm³/mol. The number of carbonyl (C=O) groups is 5. The van der Waals surface area contributed by atoms with Crippen LogP contribution in [0.5, 0.6) is 5.75 Å². The van der Waals surface area contributed by atoms with Crippen molar-refractivity contribution in [3.05, 3.63) is 69.3 Å². The average molecular weight is 611 g/mol. The van der Waals surface area contributed by atoms with Gasteiger partial charge in [-0.25, -0.2) is 9.59 Å². The topological polar surface area (TPSA) is 139 Å². The van der Waals surface area contributed by atoms with E-state index in [1.165, 1.54) is 43.0 Å². The van der Waals surface area contributed by atoms with Crippen molar-refractivity contribution < 1.29 is 38.6 Å². The zero-order chi connectivity index (χ0) is 28.3. The van der Waals surface area contributed by atoms with Gasteiger partial charge in [0.15, 0.2) is 0 Å². The molecule has 2 aromatic carbocycles. The van der Waals surface area contributed by atoms with Gasteiger partial charge in [0.25, 0.3) is 5.91 Å². The second-order valence-electron chi connectivity index (χ2n) is 8.27. The molecule has 1 fully saturated rings. The highest BCUT2D eigenvalue weighted by Gasteiger charge is 2.54. The first kappa shape index (κ1) is 28.8. The van der Waals surface area contributed by atoms with Crippen molar-refractivity contribution in [1.82, 2.24) is 10.2 Å². The Morgan fingerprint density at radius 3 is 2.54 bits per heavy atom. The maximum atomic E-state index is 12.8. The molecule has 0 aromatic heterocycles. The first-order chi connectivity index (χ1) is 18.5. The summed E-state index contributed by atoms with van der Waals surface area (Å²) in [5.74, 6) is -3.15. The van der Waals surface area contributed by atoms with E-state index in [-0.39, 0.29) is 40.7 Å². The minimum absolute atomic E-state index is 0.0219. The van der Waals surface area contributed by atoms with Gasteiger partial charge in [0.2, 0.25) is 5.91 Å². The minimum atomic E-state index is -1.35. The molecule has 0 bridgehead atoms. The van der Waals surface area contributed by atoms with Crippen LogP contribution in [0.1, 0.15) is 17.3 Å². The largest absolute Gasteiger partial charge is 0.477 e. The van der Waals surface area contributed by atoms with Crippen LogP contribution in [0.25, 0.3) is 0 Å². The second-order valence-corrected chi connectivity index (χ2v) is 11.2. The molecule has 4 rings (SSSR count). The first-order valence-corrected chi connectivity index (χ1v) is 14.1. The number of carbonyl (C=O) groups excluding carboxylic acids is 4. The summed E-state index contributed by atoms with van der Waals surface area (Å²) in [7, 11) is 0. The van der Waals surface area contributed by atoms with Crippen molar-refractivity contribution in [1.29, 1.82) is 0 Å². The van der Waals surface area contributed by atoms with Crippen LogP contribution in [0.15, 0.2) is 58.6 Å². The molecule has 39 heavy (non-hydrogen) atoms. The summed E-state index contributed by atoms with van der Waals surface area (Å²) in [5, 5.41) is 12.8. The van der Waals surface area contributed by atoms with Gasteiger partial charge in [-0.15, -0.1) is 23.5 Å². The molecule has 0 spiro atoms. The zero-order valence-electron chi connectivity index (χ0n) is 20.1. The average Bonchev–Trinajstić information content (AvgIpc) is 2.90. The lowest BCUT2D eigenvalue weighted by molar-refractivity contribution is -0.150.